The van der Waals surface area contributed by atoms with Crippen molar-refractivity contribution >= 4 is 22.8 Å². The standard InChI is InChI=1S/C14H12F2N8/c1-7-20-12-13(23(7)6-11(15)16)21-9(4-18-12)8-2-3-24-10(8)5-19-14(17)22-24/h2-5,11H,6H2,1H3,(H2,17,22). The second-order valence-electron chi connectivity index (χ2n) is 5.24. The minimum Gasteiger partial charge on any atom is -0.367 e. The lowest BCUT2D eigenvalue weighted by Gasteiger charge is -2.05. The van der Waals surface area contributed by atoms with E-state index in [0.717, 1.165) is 5.56 Å². The van der Waals surface area contributed by atoms with Crippen LogP contribution in [0.15, 0.2) is 24.7 Å². The van der Waals surface area contributed by atoms with Crippen molar-refractivity contribution in [1.82, 2.24) is 34.1 Å². The molecular weight excluding hydrogens is 318 g/mol. The highest BCUT2D eigenvalue weighted by Crippen LogP contribution is 2.25. The van der Waals surface area contributed by atoms with E-state index in [0.29, 0.717) is 28.3 Å². The highest BCUT2D eigenvalue weighted by molar-refractivity contribution is 5.80. The number of nitrogens with zero attached hydrogens (tertiary/aromatic N) is 7. The molecule has 4 aromatic heterocycles. The van der Waals surface area contributed by atoms with Crippen LogP contribution in [0.1, 0.15) is 5.82 Å². The third kappa shape index (κ3) is 2.23. The first kappa shape index (κ1) is 14.4. The van der Waals surface area contributed by atoms with Gasteiger partial charge >= 0.3 is 0 Å². The molecule has 0 amide bonds. The van der Waals surface area contributed by atoms with Crippen LogP contribution < -0.4 is 5.73 Å². The maximum absolute atomic E-state index is 12.8. The summed E-state index contributed by atoms with van der Waals surface area (Å²) in [6.07, 6.45) is 2.34. The maximum Gasteiger partial charge on any atom is 0.256 e. The lowest BCUT2D eigenvalue weighted by molar-refractivity contribution is 0.127. The van der Waals surface area contributed by atoms with Crippen molar-refractivity contribution in [3.63, 3.8) is 0 Å². The Balaban J connectivity index is 1.90. The molecule has 0 aliphatic carbocycles. The summed E-state index contributed by atoms with van der Waals surface area (Å²) in [5.41, 5.74) is 8.16. The second kappa shape index (κ2) is 5.18. The van der Waals surface area contributed by atoms with Crippen molar-refractivity contribution in [2.24, 2.45) is 0 Å². The van der Waals surface area contributed by atoms with Crippen molar-refractivity contribution in [1.29, 1.82) is 0 Å². The van der Waals surface area contributed by atoms with E-state index >= 15 is 0 Å². The maximum atomic E-state index is 12.8. The van der Waals surface area contributed by atoms with Gasteiger partial charge < -0.3 is 10.3 Å². The molecule has 0 aliphatic rings. The number of hydrogen-bond donors (Lipinski definition) is 1. The SMILES string of the molecule is Cc1nc2ncc(-c3ccn4nc(N)ncc34)nc2n1CC(F)F. The molecule has 4 aromatic rings. The molecular formula is C14H12F2N8. The van der Waals surface area contributed by atoms with Crippen LogP contribution >= 0.6 is 0 Å². The molecule has 0 spiro atoms. The van der Waals surface area contributed by atoms with Crippen LogP contribution in [0.5, 0.6) is 0 Å². The number of anilines is 1. The number of halogens is 2. The molecule has 0 atom stereocenters. The third-order valence-corrected chi connectivity index (χ3v) is 3.68. The first-order valence-corrected chi connectivity index (χ1v) is 7.11. The van der Waals surface area contributed by atoms with Crippen LogP contribution in [0.4, 0.5) is 14.7 Å². The summed E-state index contributed by atoms with van der Waals surface area (Å²) in [4.78, 5) is 16.8. The van der Waals surface area contributed by atoms with Crippen molar-refractivity contribution in [3.8, 4) is 11.3 Å². The van der Waals surface area contributed by atoms with Crippen LogP contribution in [-0.2, 0) is 6.54 Å². The van der Waals surface area contributed by atoms with Gasteiger partial charge in [0.15, 0.2) is 11.3 Å². The molecule has 0 unspecified atom stereocenters. The molecule has 122 valence electrons. The van der Waals surface area contributed by atoms with E-state index < -0.39 is 13.0 Å². The van der Waals surface area contributed by atoms with E-state index in [1.807, 2.05) is 0 Å². The molecule has 0 aromatic carbocycles. The Bertz CT molecular complexity index is 1050. The summed E-state index contributed by atoms with van der Waals surface area (Å²) in [5, 5.41) is 4.06. The number of fused-ring (bicyclic) bond motifs is 2. The zero-order chi connectivity index (χ0) is 16.8. The largest absolute Gasteiger partial charge is 0.367 e. The van der Waals surface area contributed by atoms with Gasteiger partial charge in [-0.1, -0.05) is 0 Å². The van der Waals surface area contributed by atoms with E-state index in [4.69, 9.17) is 5.73 Å². The van der Waals surface area contributed by atoms with Gasteiger partial charge in [0.1, 0.15) is 5.82 Å². The number of nitrogens with two attached hydrogens (primary N) is 1. The van der Waals surface area contributed by atoms with Crippen LogP contribution in [0, 0.1) is 6.92 Å². The zero-order valence-corrected chi connectivity index (χ0v) is 12.6. The molecule has 4 rings (SSSR count). The Hall–Kier alpha value is -3.17. The first-order valence-electron chi connectivity index (χ1n) is 7.11. The van der Waals surface area contributed by atoms with Crippen LogP contribution in [0.3, 0.4) is 0 Å². The lowest BCUT2D eigenvalue weighted by Crippen LogP contribution is -2.09. The van der Waals surface area contributed by atoms with Gasteiger partial charge in [-0.3, -0.25) is 0 Å². The van der Waals surface area contributed by atoms with Crippen LogP contribution in [0.2, 0.25) is 0 Å². The number of rotatable bonds is 3. The van der Waals surface area contributed by atoms with Gasteiger partial charge in [0, 0.05) is 11.8 Å². The summed E-state index contributed by atoms with van der Waals surface area (Å²) in [6.45, 7) is 1.17. The van der Waals surface area contributed by atoms with E-state index in [-0.39, 0.29) is 5.95 Å². The van der Waals surface area contributed by atoms with Gasteiger partial charge in [0.05, 0.1) is 30.1 Å². The second-order valence-corrected chi connectivity index (χ2v) is 5.24. The number of aromatic nitrogens is 7. The summed E-state index contributed by atoms with van der Waals surface area (Å²) in [7, 11) is 0. The van der Waals surface area contributed by atoms with Gasteiger partial charge in [-0.15, -0.1) is 5.10 Å². The number of nitrogen functional groups attached to an aromatic ring is 1. The highest BCUT2D eigenvalue weighted by Gasteiger charge is 2.16. The fourth-order valence-electron chi connectivity index (χ4n) is 2.62. The minimum absolute atomic E-state index is 0.150. The molecule has 0 saturated heterocycles. The highest BCUT2D eigenvalue weighted by atomic mass is 19.3. The van der Waals surface area contributed by atoms with Crippen LogP contribution in [-0.4, -0.2) is 40.5 Å². The Labute approximate surface area is 134 Å². The fourth-order valence-corrected chi connectivity index (χ4v) is 2.62. The molecule has 0 fully saturated rings. The van der Waals surface area contributed by atoms with Crippen molar-refractivity contribution in [3.05, 3.63) is 30.5 Å². The summed E-state index contributed by atoms with van der Waals surface area (Å²) < 4.78 is 28.5. The molecule has 0 radical (unpaired) electrons. The lowest BCUT2D eigenvalue weighted by atomic mass is 10.2. The number of imidazole rings is 1. The monoisotopic (exact) mass is 330 g/mol. The summed E-state index contributed by atoms with van der Waals surface area (Å²) in [6, 6.07) is 1.79. The molecule has 0 bridgehead atoms. The Morgan fingerprint density at radius 3 is 2.83 bits per heavy atom. The van der Waals surface area contributed by atoms with E-state index in [9.17, 15) is 8.78 Å². The minimum atomic E-state index is -2.50. The van der Waals surface area contributed by atoms with Crippen molar-refractivity contribution in [2.45, 2.75) is 19.9 Å². The van der Waals surface area contributed by atoms with Gasteiger partial charge in [0.2, 0.25) is 5.95 Å². The van der Waals surface area contributed by atoms with Crippen molar-refractivity contribution < 1.29 is 8.78 Å². The van der Waals surface area contributed by atoms with E-state index in [1.165, 1.54) is 4.57 Å². The van der Waals surface area contributed by atoms with Gasteiger partial charge in [-0.2, -0.15) is 0 Å². The average Bonchev–Trinajstić information content (AvgIpc) is 3.08. The van der Waals surface area contributed by atoms with Gasteiger partial charge in [-0.25, -0.2) is 33.2 Å². The normalized spacial score (nSPS) is 11.8. The zero-order valence-electron chi connectivity index (χ0n) is 12.6. The summed E-state index contributed by atoms with van der Waals surface area (Å²) >= 11 is 0. The molecule has 8 nitrogen and oxygen atoms in total. The smallest absolute Gasteiger partial charge is 0.256 e. The van der Waals surface area contributed by atoms with Gasteiger partial charge in [0.25, 0.3) is 6.43 Å². The van der Waals surface area contributed by atoms with E-state index in [1.54, 1.807) is 36.1 Å². The van der Waals surface area contributed by atoms with Crippen molar-refractivity contribution in [2.75, 3.05) is 5.73 Å². The number of alkyl halides is 2. The average molecular weight is 330 g/mol. The molecule has 2 N–H and O–H groups in total. The van der Waals surface area contributed by atoms with Crippen LogP contribution in [0.25, 0.3) is 28.1 Å². The van der Waals surface area contributed by atoms with E-state index in [2.05, 4.69) is 25.0 Å². The number of aryl methyl sites for hydroxylation is 1. The Morgan fingerprint density at radius 1 is 1.21 bits per heavy atom. The fraction of sp³-hybridized carbons (Fsp3) is 0.214. The first-order chi connectivity index (χ1) is 11.5. The predicted molar refractivity (Wildman–Crippen MR) is 82.5 cm³/mol. The molecule has 10 heteroatoms. The molecule has 24 heavy (non-hydrogen) atoms. The predicted octanol–water partition coefficient (Wildman–Crippen LogP) is 1.69. The number of hydrogen-bond acceptors (Lipinski definition) is 6. The van der Waals surface area contributed by atoms with Gasteiger partial charge in [-0.05, 0) is 13.0 Å². The quantitative estimate of drug-likeness (QED) is 0.613. The molecule has 0 aliphatic heterocycles. The Morgan fingerprint density at radius 2 is 2.04 bits per heavy atom. The Kier molecular flexibility index (Phi) is 3.12. The third-order valence-electron chi connectivity index (χ3n) is 3.68. The topological polar surface area (TPSA) is 99.8 Å². The summed E-state index contributed by atoms with van der Waals surface area (Å²) in [5.74, 6) is 0.595. The molecule has 4 heterocycles. The molecule has 0 saturated carbocycles.